The molecule has 1 atom stereocenters. The van der Waals surface area contributed by atoms with Crippen molar-refractivity contribution in [3.8, 4) is 0 Å². The Balaban J connectivity index is 1.95. The molecule has 0 spiro atoms. The van der Waals surface area contributed by atoms with Crippen LogP contribution in [-0.4, -0.2) is 18.5 Å². The first-order chi connectivity index (χ1) is 12.6. The third-order valence-electron chi connectivity index (χ3n) is 4.00. The highest BCUT2D eigenvalue weighted by Crippen LogP contribution is 2.25. The lowest BCUT2D eigenvalue weighted by atomic mass is 10.0. The van der Waals surface area contributed by atoms with Crippen molar-refractivity contribution >= 4 is 23.5 Å². The number of carbonyl (C=O) groups excluding carboxylic acids is 2. The van der Waals surface area contributed by atoms with E-state index in [4.69, 9.17) is 16.3 Å². The Morgan fingerprint density at radius 1 is 1.08 bits per heavy atom. The molecule has 0 radical (unpaired) electrons. The molecule has 1 amide bonds. The van der Waals surface area contributed by atoms with Crippen LogP contribution in [0.4, 0.5) is 0 Å². The number of nitrogens with one attached hydrogen (secondary N) is 1. The summed E-state index contributed by atoms with van der Waals surface area (Å²) in [5.41, 5.74) is 1.92. The molecule has 0 unspecified atom stereocenters. The van der Waals surface area contributed by atoms with Crippen molar-refractivity contribution in [3.05, 3.63) is 70.7 Å². The minimum atomic E-state index is -0.494. The lowest BCUT2D eigenvalue weighted by Crippen LogP contribution is -2.30. The number of hydrogen-bond donors (Lipinski definition) is 1. The van der Waals surface area contributed by atoms with E-state index >= 15 is 0 Å². The molecule has 0 heterocycles. The molecular weight excluding hydrogens is 350 g/mol. The van der Waals surface area contributed by atoms with Crippen LogP contribution < -0.4 is 5.32 Å². The third kappa shape index (κ3) is 6.52. The van der Waals surface area contributed by atoms with Crippen LogP contribution in [0.2, 0.25) is 5.02 Å². The van der Waals surface area contributed by atoms with E-state index in [1.165, 1.54) is 5.56 Å². The van der Waals surface area contributed by atoms with Gasteiger partial charge in [0, 0.05) is 11.4 Å². The summed E-state index contributed by atoms with van der Waals surface area (Å²) in [7, 11) is 0. The zero-order valence-electron chi connectivity index (χ0n) is 14.9. The number of hydrogen-bond acceptors (Lipinski definition) is 3. The summed E-state index contributed by atoms with van der Waals surface area (Å²) < 4.78 is 5.02. The molecule has 2 rings (SSSR count). The van der Waals surface area contributed by atoms with Crippen molar-refractivity contribution in [1.82, 2.24) is 5.32 Å². The molecule has 2 aromatic rings. The van der Waals surface area contributed by atoms with Gasteiger partial charge in [0.1, 0.15) is 0 Å². The van der Waals surface area contributed by atoms with E-state index in [9.17, 15) is 9.59 Å². The number of amides is 1. The van der Waals surface area contributed by atoms with Gasteiger partial charge in [0.25, 0.3) is 0 Å². The number of aryl methyl sites for hydroxylation is 1. The van der Waals surface area contributed by atoms with Crippen molar-refractivity contribution in [1.29, 1.82) is 0 Å². The summed E-state index contributed by atoms with van der Waals surface area (Å²) >= 11 is 6.24. The number of carbonyl (C=O) groups is 2. The fourth-order valence-corrected chi connectivity index (χ4v) is 3.01. The SMILES string of the molecule is CCOC(=O)C[C@@H](NC(=O)CCCc1ccccc1)c1ccccc1Cl. The average molecular weight is 374 g/mol. The van der Waals surface area contributed by atoms with Gasteiger partial charge in [-0.05, 0) is 37.0 Å². The summed E-state index contributed by atoms with van der Waals surface area (Å²) in [6, 6.07) is 16.8. The molecule has 0 fully saturated rings. The molecule has 0 bridgehead atoms. The van der Waals surface area contributed by atoms with E-state index in [0.717, 1.165) is 18.4 Å². The second-order valence-corrected chi connectivity index (χ2v) is 6.40. The molecule has 0 aliphatic carbocycles. The van der Waals surface area contributed by atoms with Gasteiger partial charge in [-0.25, -0.2) is 0 Å². The first kappa shape index (κ1) is 20.0. The zero-order valence-corrected chi connectivity index (χ0v) is 15.7. The molecule has 138 valence electrons. The normalized spacial score (nSPS) is 11.6. The standard InChI is InChI=1S/C21H24ClNO3/c1-2-26-21(25)15-19(17-12-6-7-13-18(17)22)23-20(24)14-8-11-16-9-4-3-5-10-16/h3-7,9-10,12-13,19H,2,8,11,14-15H2,1H3,(H,23,24)/t19-/m1/s1. The Bertz CT molecular complexity index is 718. The molecule has 0 saturated carbocycles. The lowest BCUT2D eigenvalue weighted by molar-refractivity contribution is -0.143. The van der Waals surface area contributed by atoms with Gasteiger partial charge >= 0.3 is 5.97 Å². The third-order valence-corrected chi connectivity index (χ3v) is 4.35. The summed E-state index contributed by atoms with van der Waals surface area (Å²) in [4.78, 5) is 24.3. The van der Waals surface area contributed by atoms with E-state index in [2.05, 4.69) is 5.32 Å². The van der Waals surface area contributed by atoms with Gasteiger partial charge in [-0.1, -0.05) is 60.1 Å². The van der Waals surface area contributed by atoms with Crippen LogP contribution in [0.3, 0.4) is 0 Å². The van der Waals surface area contributed by atoms with E-state index in [0.29, 0.717) is 18.1 Å². The van der Waals surface area contributed by atoms with Crippen molar-refractivity contribution in [2.24, 2.45) is 0 Å². The first-order valence-corrected chi connectivity index (χ1v) is 9.21. The maximum atomic E-state index is 12.4. The van der Waals surface area contributed by atoms with Crippen LogP contribution in [0.15, 0.2) is 54.6 Å². The molecule has 0 aliphatic heterocycles. The van der Waals surface area contributed by atoms with Gasteiger partial charge in [-0.2, -0.15) is 0 Å². The zero-order chi connectivity index (χ0) is 18.8. The van der Waals surface area contributed by atoms with Crippen LogP contribution in [0.5, 0.6) is 0 Å². The lowest BCUT2D eigenvalue weighted by Gasteiger charge is -2.19. The maximum absolute atomic E-state index is 12.4. The fraction of sp³-hybridized carbons (Fsp3) is 0.333. The Kier molecular flexibility index (Phi) is 8.16. The number of benzene rings is 2. The Hall–Kier alpha value is -2.33. The van der Waals surface area contributed by atoms with Crippen molar-refractivity contribution in [2.45, 2.75) is 38.6 Å². The van der Waals surface area contributed by atoms with Crippen LogP contribution in [-0.2, 0) is 20.7 Å². The quantitative estimate of drug-likeness (QED) is 0.659. The number of rotatable bonds is 9. The summed E-state index contributed by atoms with van der Waals surface area (Å²) in [6.45, 7) is 2.06. The second-order valence-electron chi connectivity index (χ2n) is 5.99. The summed E-state index contributed by atoms with van der Waals surface area (Å²) in [6.07, 6.45) is 2.02. The van der Waals surface area contributed by atoms with Crippen LogP contribution in [0, 0.1) is 0 Å². The molecule has 0 saturated heterocycles. The van der Waals surface area contributed by atoms with E-state index in [1.807, 2.05) is 48.5 Å². The van der Waals surface area contributed by atoms with Gasteiger partial charge < -0.3 is 10.1 Å². The van der Waals surface area contributed by atoms with Crippen LogP contribution in [0.1, 0.15) is 43.4 Å². The molecule has 1 N–H and O–H groups in total. The molecule has 5 heteroatoms. The Labute approximate surface area is 159 Å². The topological polar surface area (TPSA) is 55.4 Å². The minimum absolute atomic E-state index is 0.0575. The van der Waals surface area contributed by atoms with Crippen LogP contribution in [0.25, 0.3) is 0 Å². The van der Waals surface area contributed by atoms with Crippen molar-refractivity contribution in [3.63, 3.8) is 0 Å². The van der Waals surface area contributed by atoms with Gasteiger partial charge in [0.2, 0.25) is 5.91 Å². The molecule has 4 nitrogen and oxygen atoms in total. The van der Waals surface area contributed by atoms with Gasteiger partial charge in [-0.15, -0.1) is 0 Å². The smallest absolute Gasteiger partial charge is 0.308 e. The highest BCUT2D eigenvalue weighted by atomic mass is 35.5. The van der Waals surface area contributed by atoms with Crippen molar-refractivity contribution < 1.29 is 14.3 Å². The molecular formula is C21H24ClNO3. The maximum Gasteiger partial charge on any atom is 0.308 e. The molecule has 0 aromatic heterocycles. The van der Waals surface area contributed by atoms with Gasteiger partial charge in [0.05, 0.1) is 19.1 Å². The number of ether oxygens (including phenoxy) is 1. The van der Waals surface area contributed by atoms with Crippen LogP contribution >= 0.6 is 11.6 Å². The van der Waals surface area contributed by atoms with E-state index in [-0.39, 0.29) is 18.3 Å². The fourth-order valence-electron chi connectivity index (χ4n) is 2.75. The molecule has 2 aromatic carbocycles. The highest BCUT2D eigenvalue weighted by Gasteiger charge is 2.21. The predicted molar refractivity (Wildman–Crippen MR) is 103 cm³/mol. The van der Waals surface area contributed by atoms with Crippen molar-refractivity contribution in [2.75, 3.05) is 6.61 Å². The van der Waals surface area contributed by atoms with E-state index < -0.39 is 6.04 Å². The minimum Gasteiger partial charge on any atom is -0.466 e. The monoisotopic (exact) mass is 373 g/mol. The first-order valence-electron chi connectivity index (χ1n) is 8.83. The van der Waals surface area contributed by atoms with Gasteiger partial charge in [0.15, 0.2) is 0 Å². The molecule has 26 heavy (non-hydrogen) atoms. The second kappa shape index (κ2) is 10.6. The Morgan fingerprint density at radius 2 is 1.77 bits per heavy atom. The largest absolute Gasteiger partial charge is 0.466 e. The number of esters is 1. The molecule has 0 aliphatic rings. The number of halogens is 1. The summed E-state index contributed by atoms with van der Waals surface area (Å²) in [5, 5.41) is 3.45. The van der Waals surface area contributed by atoms with E-state index in [1.54, 1.807) is 13.0 Å². The van der Waals surface area contributed by atoms with Gasteiger partial charge in [-0.3, -0.25) is 9.59 Å². The highest BCUT2D eigenvalue weighted by molar-refractivity contribution is 6.31. The summed E-state index contributed by atoms with van der Waals surface area (Å²) in [5.74, 6) is -0.461. The average Bonchev–Trinajstić information content (AvgIpc) is 2.63. The Morgan fingerprint density at radius 3 is 2.46 bits per heavy atom. The predicted octanol–water partition coefficient (Wildman–Crippen LogP) is 4.47.